The van der Waals surface area contributed by atoms with Crippen LogP contribution in [0.25, 0.3) is 5.76 Å². The van der Waals surface area contributed by atoms with E-state index in [0.29, 0.717) is 49.0 Å². The van der Waals surface area contributed by atoms with Crippen molar-refractivity contribution in [1.82, 2.24) is 19.8 Å². The molecule has 0 aliphatic carbocycles. The summed E-state index contributed by atoms with van der Waals surface area (Å²) in [6.45, 7) is 7.75. The Hall–Kier alpha value is -3.04. The fraction of sp³-hybridized carbons (Fsp3) is 0.455. The van der Waals surface area contributed by atoms with Crippen molar-refractivity contribution in [2.45, 2.75) is 26.3 Å². The van der Waals surface area contributed by atoms with Crippen LogP contribution in [0.1, 0.15) is 35.3 Å². The van der Waals surface area contributed by atoms with Gasteiger partial charge in [0, 0.05) is 32.4 Å². The number of likely N-dealkylation sites (tertiary alicyclic amines) is 1. The number of ether oxygens (including phenoxy) is 1. The van der Waals surface area contributed by atoms with Crippen LogP contribution >= 0.6 is 0 Å². The van der Waals surface area contributed by atoms with E-state index in [2.05, 4.69) is 14.9 Å². The number of aromatic nitrogens is 2. The molecule has 0 aromatic carbocycles. The maximum atomic E-state index is 13.0. The van der Waals surface area contributed by atoms with Gasteiger partial charge in [0.2, 0.25) is 0 Å². The topological polar surface area (TPSA) is 109 Å². The van der Waals surface area contributed by atoms with Crippen molar-refractivity contribution in [3.63, 3.8) is 0 Å². The van der Waals surface area contributed by atoms with Crippen molar-refractivity contribution < 1.29 is 23.8 Å². The summed E-state index contributed by atoms with van der Waals surface area (Å²) in [5, 5.41) is 11.0. The molecule has 1 N–H and O–H groups in total. The molecular formula is C22H26N4O5. The summed E-state index contributed by atoms with van der Waals surface area (Å²) >= 11 is 0. The molecule has 31 heavy (non-hydrogen) atoms. The SMILES string of the molecule is Cc1ncc(C(O)=C2C(=O)C(=O)N(CCCN3CCOCC3)C2c2ccco2)c(C)n1. The molecule has 2 aliphatic rings. The third kappa shape index (κ3) is 4.24. The van der Waals surface area contributed by atoms with E-state index in [0.717, 1.165) is 19.6 Å². The number of carbonyl (C=O) groups is 2. The standard InChI is InChI=1S/C22H26N4O5/c1-14-16(13-23-15(2)24-14)20(27)18-19(17-5-3-10-31-17)26(22(29)21(18)28)7-4-6-25-8-11-30-12-9-25/h3,5,10,13,19,27H,4,6-9,11-12H2,1-2H3. The minimum atomic E-state index is -0.791. The number of morpholine rings is 1. The number of rotatable bonds is 6. The summed E-state index contributed by atoms with van der Waals surface area (Å²) < 4.78 is 10.9. The molecule has 0 radical (unpaired) electrons. The predicted molar refractivity (Wildman–Crippen MR) is 111 cm³/mol. The second-order valence-electron chi connectivity index (χ2n) is 7.73. The van der Waals surface area contributed by atoms with E-state index in [-0.39, 0.29) is 11.3 Å². The molecule has 0 bridgehead atoms. The van der Waals surface area contributed by atoms with Crippen LogP contribution in [0.15, 0.2) is 34.6 Å². The van der Waals surface area contributed by atoms with Gasteiger partial charge in [0.05, 0.1) is 36.3 Å². The van der Waals surface area contributed by atoms with E-state index in [4.69, 9.17) is 9.15 Å². The van der Waals surface area contributed by atoms with Crippen LogP contribution in [0.2, 0.25) is 0 Å². The highest BCUT2D eigenvalue weighted by molar-refractivity contribution is 6.46. The lowest BCUT2D eigenvalue weighted by molar-refractivity contribution is -0.140. The number of furan rings is 1. The summed E-state index contributed by atoms with van der Waals surface area (Å²) in [7, 11) is 0. The number of hydrogen-bond donors (Lipinski definition) is 1. The van der Waals surface area contributed by atoms with Crippen molar-refractivity contribution >= 4 is 17.4 Å². The highest BCUT2D eigenvalue weighted by Gasteiger charge is 2.47. The van der Waals surface area contributed by atoms with Gasteiger partial charge in [0.15, 0.2) is 0 Å². The fourth-order valence-corrected chi connectivity index (χ4v) is 4.10. The lowest BCUT2D eigenvalue weighted by atomic mass is 9.99. The van der Waals surface area contributed by atoms with E-state index < -0.39 is 17.7 Å². The second-order valence-corrected chi connectivity index (χ2v) is 7.73. The van der Waals surface area contributed by atoms with Crippen molar-refractivity contribution in [1.29, 1.82) is 0 Å². The first kappa shape index (κ1) is 21.2. The summed E-state index contributed by atoms with van der Waals surface area (Å²) in [5.74, 6) is -0.674. The molecule has 4 rings (SSSR count). The molecule has 2 aromatic rings. The first-order chi connectivity index (χ1) is 15.0. The molecular weight excluding hydrogens is 400 g/mol. The smallest absolute Gasteiger partial charge is 0.295 e. The molecule has 2 saturated heterocycles. The Morgan fingerprint density at radius 3 is 2.68 bits per heavy atom. The highest BCUT2D eigenvalue weighted by atomic mass is 16.5. The molecule has 0 saturated carbocycles. The Bertz CT molecular complexity index is 995. The van der Waals surface area contributed by atoms with Gasteiger partial charge in [0.1, 0.15) is 23.4 Å². The molecule has 2 aliphatic heterocycles. The summed E-state index contributed by atoms with van der Waals surface area (Å²) in [6, 6.07) is 2.61. The number of amides is 1. The van der Waals surface area contributed by atoms with Gasteiger partial charge in [-0.05, 0) is 32.4 Å². The molecule has 0 spiro atoms. The molecule has 9 nitrogen and oxygen atoms in total. The van der Waals surface area contributed by atoms with Crippen LogP contribution in [0.5, 0.6) is 0 Å². The van der Waals surface area contributed by atoms with Crippen LogP contribution < -0.4 is 0 Å². The number of nitrogens with zero attached hydrogens (tertiary/aromatic N) is 4. The van der Waals surface area contributed by atoms with Gasteiger partial charge in [-0.25, -0.2) is 9.97 Å². The molecule has 9 heteroatoms. The summed E-state index contributed by atoms with van der Waals surface area (Å²) in [4.78, 5) is 38.0. The maximum Gasteiger partial charge on any atom is 0.295 e. The van der Waals surface area contributed by atoms with E-state index in [1.54, 1.807) is 26.0 Å². The number of aliphatic hydroxyl groups is 1. The number of aliphatic hydroxyl groups excluding tert-OH is 1. The second kappa shape index (κ2) is 8.99. The van der Waals surface area contributed by atoms with E-state index >= 15 is 0 Å². The van der Waals surface area contributed by atoms with Crippen LogP contribution in [0.3, 0.4) is 0 Å². The van der Waals surface area contributed by atoms with Crippen LogP contribution in [0.4, 0.5) is 0 Å². The molecule has 1 atom stereocenters. The number of Topliss-reactive ketones (excluding diaryl/α,β-unsaturated/α-hetero) is 1. The van der Waals surface area contributed by atoms with Crippen LogP contribution in [0, 0.1) is 13.8 Å². The number of hydrogen-bond acceptors (Lipinski definition) is 8. The van der Waals surface area contributed by atoms with Gasteiger partial charge in [0.25, 0.3) is 11.7 Å². The molecule has 2 aromatic heterocycles. The third-order valence-corrected chi connectivity index (χ3v) is 5.68. The monoisotopic (exact) mass is 426 g/mol. The predicted octanol–water partition coefficient (Wildman–Crippen LogP) is 1.83. The molecule has 4 heterocycles. The van der Waals surface area contributed by atoms with Gasteiger partial charge in [-0.15, -0.1) is 0 Å². The minimum Gasteiger partial charge on any atom is -0.507 e. The zero-order chi connectivity index (χ0) is 22.0. The number of carbonyl (C=O) groups excluding carboxylic acids is 2. The largest absolute Gasteiger partial charge is 0.507 e. The Labute approximate surface area is 180 Å². The first-order valence-electron chi connectivity index (χ1n) is 10.4. The Kier molecular flexibility index (Phi) is 6.15. The quantitative estimate of drug-likeness (QED) is 0.423. The lowest BCUT2D eigenvalue weighted by Gasteiger charge is -2.28. The molecule has 164 valence electrons. The van der Waals surface area contributed by atoms with Crippen molar-refractivity contribution in [2.75, 3.05) is 39.4 Å². The van der Waals surface area contributed by atoms with Crippen molar-refractivity contribution in [3.05, 3.63) is 53.0 Å². The van der Waals surface area contributed by atoms with Gasteiger partial charge in [-0.1, -0.05) is 0 Å². The zero-order valence-electron chi connectivity index (χ0n) is 17.7. The first-order valence-corrected chi connectivity index (χ1v) is 10.4. The minimum absolute atomic E-state index is 0.00174. The van der Waals surface area contributed by atoms with Gasteiger partial charge in [-0.3, -0.25) is 14.5 Å². The number of ketones is 1. The Morgan fingerprint density at radius 1 is 1.23 bits per heavy atom. The maximum absolute atomic E-state index is 13.0. The van der Waals surface area contributed by atoms with Crippen molar-refractivity contribution in [2.24, 2.45) is 0 Å². The van der Waals surface area contributed by atoms with Crippen LogP contribution in [-0.4, -0.2) is 76.0 Å². The van der Waals surface area contributed by atoms with Gasteiger partial charge >= 0.3 is 0 Å². The van der Waals surface area contributed by atoms with Gasteiger partial charge in [-0.2, -0.15) is 0 Å². The van der Waals surface area contributed by atoms with Crippen LogP contribution in [-0.2, 0) is 14.3 Å². The molecule has 1 unspecified atom stereocenters. The fourth-order valence-electron chi connectivity index (χ4n) is 4.10. The third-order valence-electron chi connectivity index (χ3n) is 5.68. The molecule has 2 fully saturated rings. The zero-order valence-corrected chi connectivity index (χ0v) is 17.7. The van der Waals surface area contributed by atoms with E-state index in [1.165, 1.54) is 17.4 Å². The highest BCUT2D eigenvalue weighted by Crippen LogP contribution is 2.39. The normalized spacial score (nSPS) is 21.7. The molecule has 1 amide bonds. The van der Waals surface area contributed by atoms with E-state index in [1.807, 2.05) is 0 Å². The Balaban J connectivity index is 1.64. The summed E-state index contributed by atoms with van der Waals surface area (Å²) in [5.41, 5.74) is 0.858. The van der Waals surface area contributed by atoms with Crippen molar-refractivity contribution in [3.8, 4) is 0 Å². The van der Waals surface area contributed by atoms with Gasteiger partial charge < -0.3 is 19.2 Å². The average molecular weight is 426 g/mol. The average Bonchev–Trinajstić information content (AvgIpc) is 3.37. The lowest BCUT2D eigenvalue weighted by Crippen LogP contribution is -2.38. The number of aryl methyl sites for hydroxylation is 2. The summed E-state index contributed by atoms with van der Waals surface area (Å²) in [6.07, 6.45) is 3.65. The van der Waals surface area contributed by atoms with E-state index in [9.17, 15) is 14.7 Å². The Morgan fingerprint density at radius 2 is 2.00 bits per heavy atom.